The van der Waals surface area contributed by atoms with Crippen molar-refractivity contribution in [3.63, 3.8) is 0 Å². The van der Waals surface area contributed by atoms with Crippen molar-refractivity contribution >= 4 is 11.6 Å². The molecule has 0 bridgehead atoms. The number of methoxy groups -OCH3 is 1. The number of rotatable bonds is 6. The summed E-state index contributed by atoms with van der Waals surface area (Å²) in [6.45, 7) is 1.72. The SMILES string of the molecule is COc1ccc(Cl)cc1Cn1ccc(CNC2CC2)c1. The summed E-state index contributed by atoms with van der Waals surface area (Å²) in [6, 6.07) is 8.63. The minimum atomic E-state index is 0.739. The van der Waals surface area contributed by atoms with E-state index in [1.807, 2.05) is 18.2 Å². The van der Waals surface area contributed by atoms with Gasteiger partial charge in [-0.05, 0) is 42.7 Å². The molecule has 1 heterocycles. The van der Waals surface area contributed by atoms with Gasteiger partial charge < -0.3 is 14.6 Å². The summed E-state index contributed by atoms with van der Waals surface area (Å²) in [5, 5.41) is 4.26. The minimum Gasteiger partial charge on any atom is -0.496 e. The van der Waals surface area contributed by atoms with E-state index in [4.69, 9.17) is 16.3 Å². The summed E-state index contributed by atoms with van der Waals surface area (Å²) in [7, 11) is 1.69. The first-order valence-corrected chi connectivity index (χ1v) is 7.33. The number of hydrogen-bond acceptors (Lipinski definition) is 2. The smallest absolute Gasteiger partial charge is 0.123 e. The number of aromatic nitrogens is 1. The largest absolute Gasteiger partial charge is 0.496 e. The van der Waals surface area contributed by atoms with Gasteiger partial charge in [0.05, 0.1) is 13.7 Å². The van der Waals surface area contributed by atoms with Crippen LogP contribution in [0.2, 0.25) is 5.02 Å². The Morgan fingerprint density at radius 2 is 2.20 bits per heavy atom. The van der Waals surface area contributed by atoms with Gasteiger partial charge in [0.1, 0.15) is 5.75 Å². The Labute approximate surface area is 124 Å². The molecule has 1 aromatic carbocycles. The number of hydrogen-bond donors (Lipinski definition) is 1. The van der Waals surface area contributed by atoms with Gasteiger partial charge in [-0.15, -0.1) is 0 Å². The van der Waals surface area contributed by atoms with Gasteiger partial charge in [0.15, 0.2) is 0 Å². The molecule has 1 N–H and O–H groups in total. The normalized spacial score (nSPS) is 14.5. The lowest BCUT2D eigenvalue weighted by atomic mass is 10.2. The highest BCUT2D eigenvalue weighted by atomic mass is 35.5. The van der Waals surface area contributed by atoms with Gasteiger partial charge in [-0.2, -0.15) is 0 Å². The Hall–Kier alpha value is -1.45. The fourth-order valence-electron chi connectivity index (χ4n) is 2.31. The molecule has 0 saturated heterocycles. The van der Waals surface area contributed by atoms with Gasteiger partial charge in [-0.1, -0.05) is 11.6 Å². The summed E-state index contributed by atoms with van der Waals surface area (Å²) in [4.78, 5) is 0. The Morgan fingerprint density at radius 1 is 1.35 bits per heavy atom. The van der Waals surface area contributed by atoms with Gasteiger partial charge in [-0.3, -0.25) is 0 Å². The summed E-state index contributed by atoms with van der Waals surface area (Å²) in [6.07, 6.45) is 6.92. The van der Waals surface area contributed by atoms with Crippen LogP contribution in [0.4, 0.5) is 0 Å². The maximum atomic E-state index is 6.06. The van der Waals surface area contributed by atoms with Crippen LogP contribution >= 0.6 is 11.6 Å². The standard InChI is InChI=1S/C16H19ClN2O/c1-20-16-5-2-14(17)8-13(16)11-19-7-6-12(10-19)9-18-15-3-4-15/h2,5-8,10,15,18H,3-4,9,11H2,1H3. The molecule has 1 aliphatic rings. The minimum absolute atomic E-state index is 0.739. The second-order valence-corrected chi connectivity index (χ2v) is 5.74. The fourth-order valence-corrected chi connectivity index (χ4v) is 2.51. The zero-order valence-corrected chi connectivity index (χ0v) is 12.4. The first-order chi connectivity index (χ1) is 9.74. The number of nitrogens with zero attached hydrogens (tertiary/aromatic N) is 1. The van der Waals surface area contributed by atoms with Crippen LogP contribution in [0.15, 0.2) is 36.7 Å². The Bertz CT molecular complexity index is 590. The van der Waals surface area contributed by atoms with E-state index in [2.05, 4.69) is 28.3 Å². The number of ether oxygens (including phenoxy) is 1. The number of benzene rings is 1. The van der Waals surface area contributed by atoms with E-state index in [1.54, 1.807) is 7.11 Å². The first-order valence-electron chi connectivity index (χ1n) is 6.95. The van der Waals surface area contributed by atoms with Gasteiger partial charge in [-0.25, -0.2) is 0 Å². The molecule has 4 heteroatoms. The molecule has 106 valence electrons. The number of nitrogens with one attached hydrogen (secondary N) is 1. The molecule has 0 atom stereocenters. The molecule has 20 heavy (non-hydrogen) atoms. The van der Waals surface area contributed by atoms with Crippen LogP contribution in [0.25, 0.3) is 0 Å². The molecule has 0 amide bonds. The van der Waals surface area contributed by atoms with Crippen LogP contribution < -0.4 is 10.1 Å². The van der Waals surface area contributed by atoms with Crippen LogP contribution in [-0.4, -0.2) is 17.7 Å². The molecule has 1 aromatic heterocycles. The van der Waals surface area contributed by atoms with Crippen LogP contribution in [0, 0.1) is 0 Å². The summed E-state index contributed by atoms with van der Waals surface area (Å²) < 4.78 is 7.55. The molecule has 0 spiro atoms. The first kappa shape index (κ1) is 13.5. The predicted octanol–water partition coefficient (Wildman–Crippen LogP) is 3.45. The van der Waals surface area contributed by atoms with E-state index in [0.717, 1.165) is 35.5 Å². The van der Waals surface area contributed by atoms with Crippen molar-refractivity contribution in [1.29, 1.82) is 0 Å². The molecular weight excluding hydrogens is 272 g/mol. The quantitative estimate of drug-likeness (QED) is 0.882. The Morgan fingerprint density at radius 3 is 2.95 bits per heavy atom. The van der Waals surface area contributed by atoms with Crippen LogP contribution in [0.1, 0.15) is 24.0 Å². The topological polar surface area (TPSA) is 26.2 Å². The highest BCUT2D eigenvalue weighted by Gasteiger charge is 2.20. The van der Waals surface area contributed by atoms with Crippen LogP contribution in [0.3, 0.4) is 0 Å². The summed E-state index contributed by atoms with van der Waals surface area (Å²) in [5.74, 6) is 0.876. The molecule has 1 saturated carbocycles. The van der Waals surface area contributed by atoms with Crippen molar-refractivity contribution in [2.75, 3.05) is 7.11 Å². The third-order valence-electron chi connectivity index (χ3n) is 3.58. The number of halogens is 1. The molecule has 3 nitrogen and oxygen atoms in total. The van der Waals surface area contributed by atoms with E-state index in [0.29, 0.717) is 0 Å². The molecule has 0 unspecified atom stereocenters. The second kappa shape index (κ2) is 5.90. The third-order valence-corrected chi connectivity index (χ3v) is 3.81. The van der Waals surface area contributed by atoms with Gasteiger partial charge in [0.25, 0.3) is 0 Å². The summed E-state index contributed by atoms with van der Waals surface area (Å²) >= 11 is 6.06. The maximum absolute atomic E-state index is 6.06. The highest BCUT2D eigenvalue weighted by Crippen LogP contribution is 2.24. The average Bonchev–Trinajstić information content (AvgIpc) is 3.17. The lowest BCUT2D eigenvalue weighted by molar-refractivity contribution is 0.408. The molecular formula is C16H19ClN2O. The maximum Gasteiger partial charge on any atom is 0.123 e. The van der Waals surface area contributed by atoms with Gasteiger partial charge in [0, 0.05) is 35.6 Å². The Balaban J connectivity index is 1.68. The van der Waals surface area contributed by atoms with E-state index in [9.17, 15) is 0 Å². The monoisotopic (exact) mass is 290 g/mol. The van der Waals surface area contributed by atoms with E-state index < -0.39 is 0 Å². The zero-order valence-electron chi connectivity index (χ0n) is 11.6. The van der Waals surface area contributed by atoms with Crippen molar-refractivity contribution in [2.45, 2.75) is 32.0 Å². The Kier molecular flexibility index (Phi) is 3.99. The predicted molar refractivity (Wildman–Crippen MR) is 81.4 cm³/mol. The molecule has 0 aliphatic heterocycles. The molecule has 1 fully saturated rings. The van der Waals surface area contributed by atoms with Crippen molar-refractivity contribution in [2.24, 2.45) is 0 Å². The molecule has 1 aliphatic carbocycles. The highest BCUT2D eigenvalue weighted by molar-refractivity contribution is 6.30. The lowest BCUT2D eigenvalue weighted by Crippen LogP contribution is -2.14. The zero-order chi connectivity index (χ0) is 13.9. The van der Waals surface area contributed by atoms with E-state index in [1.165, 1.54) is 18.4 Å². The summed E-state index contributed by atoms with van der Waals surface area (Å²) in [5.41, 5.74) is 2.41. The van der Waals surface area contributed by atoms with Crippen molar-refractivity contribution in [3.8, 4) is 5.75 Å². The molecule has 3 rings (SSSR count). The van der Waals surface area contributed by atoms with Crippen molar-refractivity contribution < 1.29 is 4.74 Å². The van der Waals surface area contributed by atoms with E-state index >= 15 is 0 Å². The van der Waals surface area contributed by atoms with Gasteiger partial charge >= 0.3 is 0 Å². The lowest BCUT2D eigenvalue weighted by Gasteiger charge is -2.09. The van der Waals surface area contributed by atoms with Crippen molar-refractivity contribution in [1.82, 2.24) is 9.88 Å². The van der Waals surface area contributed by atoms with Gasteiger partial charge in [0.2, 0.25) is 0 Å². The molecule has 0 radical (unpaired) electrons. The second-order valence-electron chi connectivity index (χ2n) is 5.30. The van der Waals surface area contributed by atoms with Crippen LogP contribution in [0.5, 0.6) is 5.75 Å². The average molecular weight is 291 g/mol. The molecule has 2 aromatic rings. The van der Waals surface area contributed by atoms with Crippen LogP contribution in [-0.2, 0) is 13.1 Å². The van der Waals surface area contributed by atoms with Crippen molar-refractivity contribution in [3.05, 3.63) is 52.8 Å². The fraction of sp³-hybridized carbons (Fsp3) is 0.375. The third kappa shape index (κ3) is 3.35. The van der Waals surface area contributed by atoms with E-state index in [-0.39, 0.29) is 0 Å².